The van der Waals surface area contributed by atoms with E-state index in [1.807, 2.05) is 30.3 Å². The lowest BCUT2D eigenvalue weighted by Crippen LogP contribution is -2.49. The number of amides is 3. The molecule has 1 heterocycles. The zero-order valence-electron chi connectivity index (χ0n) is 15.8. The van der Waals surface area contributed by atoms with Gasteiger partial charge in [-0.1, -0.05) is 30.3 Å². The van der Waals surface area contributed by atoms with Crippen molar-refractivity contribution in [2.45, 2.75) is 51.9 Å². The van der Waals surface area contributed by atoms with Crippen molar-refractivity contribution in [3.63, 3.8) is 0 Å². The molecule has 1 aromatic rings. The third kappa shape index (κ3) is 7.01. The van der Waals surface area contributed by atoms with Crippen LogP contribution in [0.15, 0.2) is 42.2 Å². The Kier molecular flexibility index (Phi) is 6.81. The van der Waals surface area contributed by atoms with Gasteiger partial charge in [-0.2, -0.15) is 0 Å². The lowest BCUT2D eigenvalue weighted by Gasteiger charge is -2.26. The molecular weight excluding hydrogens is 348 g/mol. The number of hydrogen-bond donors (Lipinski definition) is 4. The van der Waals surface area contributed by atoms with Gasteiger partial charge in [0, 0.05) is 18.2 Å². The van der Waals surface area contributed by atoms with Gasteiger partial charge in [0.15, 0.2) is 0 Å². The summed E-state index contributed by atoms with van der Waals surface area (Å²) in [6, 6.07) is 9.37. The Morgan fingerprint density at radius 1 is 1.22 bits per heavy atom. The van der Waals surface area contributed by atoms with E-state index < -0.39 is 11.6 Å². The van der Waals surface area contributed by atoms with Gasteiger partial charge in [-0.3, -0.25) is 9.59 Å². The highest BCUT2D eigenvalue weighted by atomic mass is 16.5. The summed E-state index contributed by atoms with van der Waals surface area (Å²) in [6.45, 7) is 5.58. The molecule has 0 bridgehead atoms. The normalized spacial score (nSPS) is 16.5. The Hall–Kier alpha value is -3.03. The maximum absolute atomic E-state index is 12.1. The van der Waals surface area contributed by atoms with E-state index in [9.17, 15) is 14.4 Å². The number of hydrogen-bond acceptors (Lipinski definition) is 5. The molecule has 0 radical (unpaired) electrons. The Bertz CT molecular complexity index is 716. The average Bonchev–Trinajstić information content (AvgIpc) is 2.61. The fourth-order valence-electron chi connectivity index (χ4n) is 2.42. The van der Waals surface area contributed by atoms with Crippen LogP contribution >= 0.6 is 0 Å². The van der Waals surface area contributed by atoms with Crippen molar-refractivity contribution < 1.29 is 19.1 Å². The fraction of sp³-hybridized carbons (Fsp3) is 0.421. The third-order valence-electron chi connectivity index (χ3n) is 3.97. The predicted molar refractivity (Wildman–Crippen MR) is 100 cm³/mol. The Morgan fingerprint density at radius 3 is 2.59 bits per heavy atom. The molecule has 1 atom stereocenters. The van der Waals surface area contributed by atoms with E-state index in [2.05, 4.69) is 21.3 Å². The summed E-state index contributed by atoms with van der Waals surface area (Å²) in [5, 5.41) is 10.9. The molecule has 0 aromatic heterocycles. The molecule has 3 amide bonds. The van der Waals surface area contributed by atoms with E-state index in [1.54, 1.807) is 20.8 Å². The monoisotopic (exact) mass is 374 g/mol. The van der Waals surface area contributed by atoms with E-state index in [0.717, 1.165) is 5.56 Å². The van der Waals surface area contributed by atoms with Gasteiger partial charge < -0.3 is 26.0 Å². The van der Waals surface area contributed by atoms with Crippen LogP contribution in [0.5, 0.6) is 0 Å². The minimum Gasteiger partial charge on any atom is -0.445 e. The number of nitrogens with one attached hydrogen (secondary N) is 4. The molecule has 1 aliphatic heterocycles. The number of carbonyl (C=O) groups excluding carboxylic acids is 3. The predicted octanol–water partition coefficient (Wildman–Crippen LogP) is 1.49. The first kappa shape index (κ1) is 20.3. The molecule has 0 aliphatic carbocycles. The molecule has 0 fully saturated rings. The van der Waals surface area contributed by atoms with Crippen molar-refractivity contribution in [3.8, 4) is 0 Å². The molecule has 8 nitrogen and oxygen atoms in total. The Morgan fingerprint density at radius 2 is 1.93 bits per heavy atom. The van der Waals surface area contributed by atoms with Gasteiger partial charge in [0.2, 0.25) is 5.91 Å². The van der Waals surface area contributed by atoms with Gasteiger partial charge >= 0.3 is 6.09 Å². The standard InChI is InChI=1S/C19H26N4O4/c1-13-20-11-15(17(25)21-13)22-16(24)9-10-19(2,3)23-18(26)27-12-14-7-5-4-6-8-14/h4-8,11,13,20H,9-10,12H2,1-3H3,(H,21,25)(H,22,24)(H,23,26). The number of rotatable bonds is 7. The second kappa shape index (κ2) is 9.07. The van der Waals surface area contributed by atoms with Crippen molar-refractivity contribution in [3.05, 3.63) is 47.8 Å². The molecule has 1 aliphatic rings. The highest BCUT2D eigenvalue weighted by molar-refractivity contribution is 5.98. The molecule has 0 saturated heterocycles. The lowest BCUT2D eigenvalue weighted by molar-refractivity contribution is -0.124. The maximum Gasteiger partial charge on any atom is 0.407 e. The zero-order chi connectivity index (χ0) is 19.9. The minimum atomic E-state index is -0.638. The molecule has 146 valence electrons. The largest absolute Gasteiger partial charge is 0.445 e. The summed E-state index contributed by atoms with van der Waals surface area (Å²) in [4.78, 5) is 35.8. The first-order valence-electron chi connectivity index (χ1n) is 8.81. The van der Waals surface area contributed by atoms with Crippen LogP contribution < -0.4 is 21.3 Å². The topological polar surface area (TPSA) is 109 Å². The molecule has 4 N–H and O–H groups in total. The summed E-state index contributed by atoms with van der Waals surface area (Å²) < 4.78 is 5.20. The third-order valence-corrected chi connectivity index (χ3v) is 3.97. The SMILES string of the molecule is CC1NC=C(NC(=O)CCC(C)(C)NC(=O)OCc2ccccc2)C(=O)N1. The summed E-state index contributed by atoms with van der Waals surface area (Å²) in [5.41, 5.74) is 0.430. The zero-order valence-corrected chi connectivity index (χ0v) is 15.8. The van der Waals surface area contributed by atoms with Crippen molar-refractivity contribution in [1.82, 2.24) is 21.3 Å². The molecule has 2 rings (SSSR count). The molecule has 0 spiro atoms. The second-order valence-corrected chi connectivity index (χ2v) is 7.04. The van der Waals surface area contributed by atoms with Crippen LogP contribution in [0.3, 0.4) is 0 Å². The summed E-state index contributed by atoms with van der Waals surface area (Å²) in [6.07, 6.45) is 1.29. The molecular formula is C19H26N4O4. The van der Waals surface area contributed by atoms with Crippen LogP contribution in [-0.2, 0) is 20.9 Å². The van der Waals surface area contributed by atoms with Crippen LogP contribution in [-0.4, -0.2) is 29.6 Å². The van der Waals surface area contributed by atoms with Crippen LogP contribution in [0.2, 0.25) is 0 Å². The average molecular weight is 374 g/mol. The van der Waals surface area contributed by atoms with Crippen molar-refractivity contribution >= 4 is 17.9 Å². The van der Waals surface area contributed by atoms with E-state index in [-0.39, 0.29) is 36.7 Å². The molecule has 1 aromatic carbocycles. The number of alkyl carbamates (subject to hydrolysis) is 1. The molecule has 0 saturated carbocycles. The Balaban J connectivity index is 1.74. The second-order valence-electron chi connectivity index (χ2n) is 7.04. The smallest absolute Gasteiger partial charge is 0.407 e. The van der Waals surface area contributed by atoms with Crippen molar-refractivity contribution in [2.24, 2.45) is 0 Å². The number of carbonyl (C=O) groups is 3. The molecule has 27 heavy (non-hydrogen) atoms. The number of benzene rings is 1. The van der Waals surface area contributed by atoms with Crippen LogP contribution in [0, 0.1) is 0 Å². The summed E-state index contributed by atoms with van der Waals surface area (Å²) >= 11 is 0. The van der Waals surface area contributed by atoms with Gasteiger partial charge in [0.05, 0.1) is 6.17 Å². The fourth-order valence-corrected chi connectivity index (χ4v) is 2.42. The van der Waals surface area contributed by atoms with Crippen LogP contribution in [0.25, 0.3) is 0 Å². The van der Waals surface area contributed by atoms with Crippen molar-refractivity contribution in [1.29, 1.82) is 0 Å². The van der Waals surface area contributed by atoms with E-state index in [0.29, 0.717) is 6.42 Å². The van der Waals surface area contributed by atoms with Crippen molar-refractivity contribution in [2.75, 3.05) is 0 Å². The van der Waals surface area contributed by atoms with E-state index in [1.165, 1.54) is 6.20 Å². The highest BCUT2D eigenvalue weighted by Crippen LogP contribution is 2.12. The lowest BCUT2D eigenvalue weighted by atomic mass is 9.98. The first-order valence-corrected chi connectivity index (χ1v) is 8.81. The van der Waals surface area contributed by atoms with Gasteiger partial charge in [-0.15, -0.1) is 0 Å². The van der Waals surface area contributed by atoms with Crippen LogP contribution in [0.1, 0.15) is 39.2 Å². The number of ether oxygens (including phenoxy) is 1. The summed E-state index contributed by atoms with van der Waals surface area (Å²) in [7, 11) is 0. The van der Waals surface area contributed by atoms with E-state index in [4.69, 9.17) is 4.74 Å². The van der Waals surface area contributed by atoms with Gasteiger partial charge in [-0.05, 0) is 32.8 Å². The van der Waals surface area contributed by atoms with E-state index >= 15 is 0 Å². The van der Waals surface area contributed by atoms with Crippen LogP contribution in [0.4, 0.5) is 4.79 Å². The quantitative estimate of drug-likeness (QED) is 0.578. The minimum absolute atomic E-state index is 0.145. The van der Waals surface area contributed by atoms with Gasteiger partial charge in [0.1, 0.15) is 12.3 Å². The van der Waals surface area contributed by atoms with Gasteiger partial charge in [-0.25, -0.2) is 4.79 Å². The summed E-state index contributed by atoms with van der Waals surface area (Å²) in [5.74, 6) is -0.642. The Labute approximate surface area is 158 Å². The maximum atomic E-state index is 12.1. The molecule has 1 unspecified atom stereocenters. The van der Waals surface area contributed by atoms with Gasteiger partial charge in [0.25, 0.3) is 5.91 Å². The first-order chi connectivity index (χ1) is 12.7. The molecule has 8 heteroatoms. The highest BCUT2D eigenvalue weighted by Gasteiger charge is 2.24.